The highest BCUT2D eigenvalue weighted by molar-refractivity contribution is 5.18. The summed E-state index contributed by atoms with van der Waals surface area (Å²) in [5.74, 6) is -0.782. The van der Waals surface area contributed by atoms with Crippen molar-refractivity contribution in [2.45, 2.75) is 26.4 Å². The Balaban J connectivity index is 4.25. The normalized spacial score (nSPS) is 16.4. The van der Waals surface area contributed by atoms with Crippen LogP contribution in [-0.2, 0) is 0 Å². The van der Waals surface area contributed by atoms with Gasteiger partial charge in [-0.05, 0) is 26.3 Å². The third-order valence-electron chi connectivity index (χ3n) is 1.73. The molecule has 1 atom stereocenters. The molecule has 0 amide bonds. The van der Waals surface area contributed by atoms with Crippen molar-refractivity contribution in [1.82, 2.24) is 0 Å². The number of hydrogen-bond donors (Lipinski definition) is 0. The molecule has 0 fully saturated rings. The molecule has 1 unspecified atom stereocenters. The van der Waals surface area contributed by atoms with Crippen LogP contribution in [0.5, 0.6) is 0 Å². The minimum atomic E-state index is -1.66. The maximum Gasteiger partial charge on any atom is 0.145 e. The molecule has 0 aliphatic rings. The Labute approximate surface area is 82.8 Å². The Morgan fingerprint density at radius 1 is 1.36 bits per heavy atom. The van der Waals surface area contributed by atoms with Crippen molar-refractivity contribution in [3.05, 3.63) is 35.7 Å². The van der Waals surface area contributed by atoms with Gasteiger partial charge in [0.25, 0.3) is 0 Å². The molecule has 0 aromatic carbocycles. The van der Waals surface area contributed by atoms with E-state index in [-0.39, 0.29) is 0 Å². The van der Waals surface area contributed by atoms with Crippen LogP contribution < -0.4 is 0 Å². The average molecular weight is 204 g/mol. The second kappa shape index (κ2) is 7.42. The van der Waals surface area contributed by atoms with Gasteiger partial charge in [0.05, 0.1) is 0 Å². The van der Waals surface area contributed by atoms with Gasteiger partial charge in [0.15, 0.2) is 0 Å². The van der Waals surface area contributed by atoms with E-state index >= 15 is 0 Å². The van der Waals surface area contributed by atoms with E-state index in [0.717, 1.165) is 13.0 Å². The van der Waals surface area contributed by atoms with E-state index in [1.165, 1.54) is 0 Å². The molecule has 0 aromatic rings. The molecule has 0 aromatic heterocycles. The fourth-order valence-electron chi connectivity index (χ4n) is 0.885. The molecule has 80 valence electrons. The van der Waals surface area contributed by atoms with Crippen molar-refractivity contribution in [1.29, 1.82) is 0 Å². The van der Waals surface area contributed by atoms with Crippen molar-refractivity contribution in [2.75, 3.05) is 6.67 Å². The molecule has 0 radical (unpaired) electrons. The second-order valence-corrected chi connectivity index (χ2v) is 2.83. The molecular formula is C11H15F3. The monoisotopic (exact) mass is 204 g/mol. The minimum Gasteiger partial charge on any atom is -0.246 e. The van der Waals surface area contributed by atoms with Gasteiger partial charge in [-0.3, -0.25) is 0 Å². The molecule has 0 saturated carbocycles. The lowest BCUT2D eigenvalue weighted by atomic mass is 10.1. The van der Waals surface area contributed by atoms with Crippen LogP contribution in [0.15, 0.2) is 35.7 Å². The number of allylic oxidation sites excluding steroid dienone is 6. The van der Waals surface area contributed by atoms with Crippen LogP contribution in [0.1, 0.15) is 20.3 Å². The zero-order valence-electron chi connectivity index (χ0n) is 8.43. The summed E-state index contributed by atoms with van der Waals surface area (Å²) in [5, 5.41) is 0. The molecule has 0 N–H and O–H groups in total. The van der Waals surface area contributed by atoms with Crippen LogP contribution in [-0.4, -0.2) is 12.8 Å². The molecule has 0 aliphatic carbocycles. The number of halogens is 3. The van der Waals surface area contributed by atoms with Gasteiger partial charge in [0.2, 0.25) is 0 Å². The van der Waals surface area contributed by atoms with Crippen molar-refractivity contribution < 1.29 is 13.2 Å². The number of rotatable bonds is 5. The molecule has 0 rings (SSSR count). The maximum absolute atomic E-state index is 13.1. The van der Waals surface area contributed by atoms with Gasteiger partial charge >= 0.3 is 0 Å². The van der Waals surface area contributed by atoms with E-state index in [1.54, 1.807) is 6.08 Å². The molecule has 0 saturated heterocycles. The third kappa shape index (κ3) is 4.90. The first-order valence-corrected chi connectivity index (χ1v) is 4.46. The van der Waals surface area contributed by atoms with Gasteiger partial charge in [-0.2, -0.15) is 0 Å². The lowest BCUT2D eigenvalue weighted by Crippen LogP contribution is -2.04. The third-order valence-corrected chi connectivity index (χ3v) is 1.73. The van der Waals surface area contributed by atoms with Crippen LogP contribution in [0, 0.1) is 0 Å². The molecule has 0 bridgehead atoms. The molecular weight excluding hydrogens is 189 g/mol. The van der Waals surface area contributed by atoms with E-state index < -0.39 is 24.2 Å². The summed E-state index contributed by atoms with van der Waals surface area (Å²) >= 11 is 0. The molecule has 14 heavy (non-hydrogen) atoms. The predicted octanol–water partition coefficient (Wildman–Crippen LogP) is 4.06. The van der Waals surface area contributed by atoms with Gasteiger partial charge in [0, 0.05) is 5.57 Å². The Bertz CT molecular complexity index is 235. The second-order valence-electron chi connectivity index (χ2n) is 2.83. The number of alkyl halides is 2. The first-order valence-electron chi connectivity index (χ1n) is 4.46. The summed E-state index contributed by atoms with van der Waals surface area (Å²) in [6.45, 7) is 1.82. The average Bonchev–Trinajstić information content (AvgIpc) is 2.13. The lowest BCUT2D eigenvalue weighted by Gasteiger charge is -2.04. The molecule has 0 aliphatic heterocycles. The van der Waals surface area contributed by atoms with Gasteiger partial charge in [0.1, 0.15) is 18.7 Å². The predicted molar refractivity (Wildman–Crippen MR) is 53.3 cm³/mol. The van der Waals surface area contributed by atoms with Crippen LogP contribution in [0.4, 0.5) is 13.2 Å². The Kier molecular flexibility index (Phi) is 6.89. The smallest absolute Gasteiger partial charge is 0.145 e. The van der Waals surface area contributed by atoms with Gasteiger partial charge in [-0.1, -0.05) is 18.2 Å². The largest absolute Gasteiger partial charge is 0.246 e. The summed E-state index contributed by atoms with van der Waals surface area (Å²) in [6.07, 6.45) is 5.27. The topological polar surface area (TPSA) is 0 Å². The van der Waals surface area contributed by atoms with Crippen LogP contribution in [0.25, 0.3) is 0 Å². The van der Waals surface area contributed by atoms with Gasteiger partial charge in [-0.25, -0.2) is 13.2 Å². The Morgan fingerprint density at radius 3 is 2.43 bits per heavy atom. The highest BCUT2D eigenvalue weighted by atomic mass is 19.2. The van der Waals surface area contributed by atoms with Crippen molar-refractivity contribution >= 4 is 0 Å². The SMILES string of the molecule is C/C=C\C/C=C\C(F)/C(CF)=C(\C)F. The van der Waals surface area contributed by atoms with E-state index in [9.17, 15) is 13.2 Å². The van der Waals surface area contributed by atoms with E-state index in [4.69, 9.17) is 0 Å². The summed E-state index contributed by atoms with van der Waals surface area (Å²) < 4.78 is 37.8. The zero-order chi connectivity index (χ0) is 11.0. The van der Waals surface area contributed by atoms with Crippen LogP contribution in [0.3, 0.4) is 0 Å². The van der Waals surface area contributed by atoms with Crippen molar-refractivity contribution in [2.24, 2.45) is 0 Å². The fraction of sp³-hybridized carbons (Fsp3) is 0.455. The summed E-state index contributed by atoms with van der Waals surface area (Å²) in [5.41, 5.74) is -0.429. The lowest BCUT2D eigenvalue weighted by molar-refractivity contribution is 0.395. The Hall–Kier alpha value is -0.990. The van der Waals surface area contributed by atoms with Gasteiger partial charge < -0.3 is 0 Å². The van der Waals surface area contributed by atoms with E-state index in [0.29, 0.717) is 6.42 Å². The van der Waals surface area contributed by atoms with Gasteiger partial charge in [-0.15, -0.1) is 0 Å². The minimum absolute atomic E-state index is 0.429. The van der Waals surface area contributed by atoms with Crippen molar-refractivity contribution in [3.63, 3.8) is 0 Å². The summed E-state index contributed by atoms with van der Waals surface area (Å²) in [6, 6.07) is 0. The maximum atomic E-state index is 13.1. The van der Waals surface area contributed by atoms with Crippen LogP contribution >= 0.6 is 0 Å². The standard InChI is InChI=1S/C11H15F3/c1-3-4-5-6-7-11(14)10(8-12)9(2)13/h3-4,6-7,11H,5,8H2,1-2H3/b4-3-,7-6-,10-9+. The first kappa shape index (κ1) is 13.0. The fourth-order valence-corrected chi connectivity index (χ4v) is 0.885. The summed E-state index contributed by atoms with van der Waals surface area (Å²) in [7, 11) is 0. The number of hydrogen-bond acceptors (Lipinski definition) is 0. The highest BCUT2D eigenvalue weighted by Crippen LogP contribution is 2.15. The quantitative estimate of drug-likeness (QED) is 0.592. The molecule has 0 spiro atoms. The Morgan fingerprint density at radius 2 is 2.00 bits per heavy atom. The van der Waals surface area contributed by atoms with E-state index in [2.05, 4.69) is 0 Å². The summed E-state index contributed by atoms with van der Waals surface area (Å²) in [4.78, 5) is 0. The molecule has 3 heteroatoms. The zero-order valence-corrected chi connectivity index (χ0v) is 8.43. The van der Waals surface area contributed by atoms with Crippen LogP contribution in [0.2, 0.25) is 0 Å². The van der Waals surface area contributed by atoms with E-state index in [1.807, 2.05) is 19.1 Å². The first-order chi connectivity index (χ1) is 6.63. The molecule has 0 heterocycles. The van der Waals surface area contributed by atoms with Crippen molar-refractivity contribution in [3.8, 4) is 0 Å². The highest BCUT2D eigenvalue weighted by Gasteiger charge is 2.12. The molecule has 0 nitrogen and oxygen atoms in total.